The summed E-state index contributed by atoms with van der Waals surface area (Å²) >= 11 is 11.9. The third-order valence-corrected chi connectivity index (χ3v) is 4.02. The lowest BCUT2D eigenvalue weighted by atomic mass is 10.2. The van der Waals surface area contributed by atoms with Gasteiger partial charge in [-0.3, -0.25) is 0 Å². The molecular formula is C16H13Cl2FN2. The number of aromatic nitrogens is 2. The molecule has 0 radical (unpaired) electrons. The maximum absolute atomic E-state index is 13.3. The molecule has 21 heavy (non-hydrogen) atoms. The largest absolute Gasteiger partial charge is 0.322 e. The Morgan fingerprint density at radius 1 is 1.24 bits per heavy atom. The summed E-state index contributed by atoms with van der Waals surface area (Å²) in [7, 11) is 0. The van der Waals surface area contributed by atoms with E-state index >= 15 is 0 Å². The van der Waals surface area contributed by atoms with Crippen LogP contribution in [0.3, 0.4) is 0 Å². The second kappa shape index (κ2) is 5.66. The molecular weight excluding hydrogens is 310 g/mol. The molecule has 0 spiro atoms. The van der Waals surface area contributed by atoms with Gasteiger partial charge in [-0.05, 0) is 36.2 Å². The molecule has 0 N–H and O–H groups in total. The first-order valence-electron chi connectivity index (χ1n) is 6.55. The first kappa shape index (κ1) is 14.4. The number of aryl methyl sites for hydroxylation is 1. The fourth-order valence-corrected chi connectivity index (χ4v) is 2.91. The molecule has 0 atom stereocenters. The van der Waals surface area contributed by atoms with Crippen LogP contribution < -0.4 is 0 Å². The molecule has 5 heteroatoms. The summed E-state index contributed by atoms with van der Waals surface area (Å²) in [5, 5.41) is 0.126. The summed E-state index contributed by atoms with van der Waals surface area (Å²) in [6, 6.07) is 10.7. The van der Waals surface area contributed by atoms with Gasteiger partial charge in [-0.2, -0.15) is 0 Å². The predicted molar refractivity (Wildman–Crippen MR) is 84.5 cm³/mol. The van der Waals surface area contributed by atoms with Gasteiger partial charge in [0.1, 0.15) is 11.6 Å². The molecule has 3 rings (SSSR count). The average molecular weight is 323 g/mol. The van der Waals surface area contributed by atoms with Gasteiger partial charge in [-0.1, -0.05) is 29.8 Å². The Morgan fingerprint density at radius 3 is 2.76 bits per heavy atom. The van der Waals surface area contributed by atoms with Gasteiger partial charge in [-0.15, -0.1) is 11.6 Å². The molecule has 1 aromatic heterocycles. The summed E-state index contributed by atoms with van der Waals surface area (Å²) in [5.41, 5.74) is 4.01. The highest BCUT2D eigenvalue weighted by atomic mass is 35.5. The summed E-state index contributed by atoms with van der Waals surface area (Å²) in [4.78, 5) is 4.55. The van der Waals surface area contributed by atoms with Crippen LogP contribution in [0.2, 0.25) is 5.02 Å². The Labute approximate surface area is 132 Å². The normalized spacial score (nSPS) is 11.2. The summed E-state index contributed by atoms with van der Waals surface area (Å²) in [6.07, 6.45) is 0. The molecule has 0 unspecified atom stereocenters. The number of benzene rings is 2. The van der Waals surface area contributed by atoms with Crippen molar-refractivity contribution < 1.29 is 4.39 Å². The van der Waals surface area contributed by atoms with Crippen molar-refractivity contribution in [1.29, 1.82) is 0 Å². The van der Waals surface area contributed by atoms with E-state index in [4.69, 9.17) is 23.2 Å². The number of fused-ring (bicyclic) bond motifs is 1. The monoisotopic (exact) mass is 322 g/mol. The van der Waals surface area contributed by atoms with Crippen LogP contribution in [0.4, 0.5) is 4.39 Å². The van der Waals surface area contributed by atoms with Crippen LogP contribution in [0.5, 0.6) is 0 Å². The van der Waals surface area contributed by atoms with Gasteiger partial charge >= 0.3 is 0 Å². The van der Waals surface area contributed by atoms with E-state index in [2.05, 4.69) is 9.55 Å². The zero-order chi connectivity index (χ0) is 15.0. The molecule has 2 nitrogen and oxygen atoms in total. The molecule has 2 aromatic carbocycles. The maximum atomic E-state index is 13.3. The Morgan fingerprint density at radius 2 is 2.05 bits per heavy atom. The van der Waals surface area contributed by atoms with Gasteiger partial charge < -0.3 is 4.57 Å². The smallest absolute Gasteiger partial charge is 0.141 e. The van der Waals surface area contributed by atoms with Crippen LogP contribution in [0, 0.1) is 12.7 Å². The van der Waals surface area contributed by atoms with Gasteiger partial charge in [0.2, 0.25) is 0 Å². The molecule has 1 heterocycles. The lowest BCUT2D eigenvalue weighted by Crippen LogP contribution is -2.05. The highest BCUT2D eigenvalue weighted by Crippen LogP contribution is 2.24. The predicted octanol–water partition coefficient (Wildman–Crippen LogP) is 4.92. The van der Waals surface area contributed by atoms with Crippen molar-refractivity contribution >= 4 is 34.2 Å². The number of nitrogens with zero attached hydrogens (tertiary/aromatic N) is 2. The number of halogens is 3. The zero-order valence-electron chi connectivity index (χ0n) is 11.4. The van der Waals surface area contributed by atoms with Crippen LogP contribution in [0.1, 0.15) is 17.0 Å². The molecule has 0 bridgehead atoms. The Bertz CT molecular complexity index is 811. The zero-order valence-corrected chi connectivity index (χ0v) is 12.9. The van der Waals surface area contributed by atoms with Crippen LogP contribution in [-0.4, -0.2) is 9.55 Å². The summed E-state index contributed by atoms with van der Waals surface area (Å²) < 4.78 is 15.3. The fourth-order valence-electron chi connectivity index (χ4n) is 2.51. The van der Waals surface area contributed by atoms with Crippen LogP contribution >= 0.6 is 23.2 Å². The van der Waals surface area contributed by atoms with Crippen molar-refractivity contribution in [3.63, 3.8) is 0 Å². The summed E-state index contributed by atoms with van der Waals surface area (Å²) in [6.45, 7) is 2.60. The number of imidazole rings is 1. The molecule has 0 aliphatic heterocycles. The molecule has 108 valence electrons. The van der Waals surface area contributed by atoms with E-state index in [1.165, 1.54) is 6.07 Å². The van der Waals surface area contributed by atoms with Crippen molar-refractivity contribution in [2.75, 3.05) is 0 Å². The topological polar surface area (TPSA) is 17.8 Å². The molecule has 0 fully saturated rings. The number of alkyl halides is 1. The van der Waals surface area contributed by atoms with E-state index in [1.54, 1.807) is 12.1 Å². The van der Waals surface area contributed by atoms with E-state index in [0.29, 0.717) is 12.4 Å². The number of rotatable bonds is 3. The highest BCUT2D eigenvalue weighted by molar-refractivity contribution is 6.30. The van der Waals surface area contributed by atoms with Gasteiger partial charge in [0.25, 0.3) is 0 Å². The van der Waals surface area contributed by atoms with E-state index in [-0.39, 0.29) is 5.02 Å². The van der Waals surface area contributed by atoms with Crippen LogP contribution in [-0.2, 0) is 12.4 Å². The lowest BCUT2D eigenvalue weighted by Gasteiger charge is -2.10. The maximum Gasteiger partial charge on any atom is 0.141 e. The SMILES string of the molecule is Cc1cccc2nc(CCl)n(Cc3ccc(F)c(Cl)c3)c12. The molecule has 3 aromatic rings. The minimum absolute atomic E-state index is 0.126. The quantitative estimate of drug-likeness (QED) is 0.625. The first-order valence-corrected chi connectivity index (χ1v) is 7.46. The molecule has 0 saturated carbocycles. The molecule has 0 aliphatic carbocycles. The van der Waals surface area contributed by atoms with Crippen LogP contribution in [0.15, 0.2) is 36.4 Å². The second-order valence-electron chi connectivity index (χ2n) is 4.94. The van der Waals surface area contributed by atoms with Gasteiger partial charge in [0.15, 0.2) is 0 Å². The van der Waals surface area contributed by atoms with Gasteiger partial charge in [0, 0.05) is 6.54 Å². The van der Waals surface area contributed by atoms with Crippen LogP contribution in [0.25, 0.3) is 11.0 Å². The van der Waals surface area contributed by atoms with Crippen molar-refractivity contribution in [3.05, 3.63) is 64.2 Å². The minimum atomic E-state index is -0.412. The first-order chi connectivity index (χ1) is 10.1. The molecule has 0 amide bonds. The number of hydrogen-bond acceptors (Lipinski definition) is 1. The Hall–Kier alpha value is -1.58. The summed E-state index contributed by atoms with van der Waals surface area (Å²) in [5.74, 6) is 0.703. The number of para-hydroxylation sites is 1. The Kier molecular flexibility index (Phi) is 3.87. The van der Waals surface area contributed by atoms with Crippen molar-refractivity contribution in [1.82, 2.24) is 9.55 Å². The second-order valence-corrected chi connectivity index (χ2v) is 5.61. The van der Waals surface area contributed by atoms with Gasteiger partial charge in [0.05, 0.1) is 21.9 Å². The third-order valence-electron chi connectivity index (χ3n) is 3.49. The third kappa shape index (κ3) is 2.63. The van der Waals surface area contributed by atoms with E-state index < -0.39 is 5.82 Å². The van der Waals surface area contributed by atoms with Crippen molar-refractivity contribution in [2.45, 2.75) is 19.3 Å². The standard InChI is InChI=1S/C16H13Cl2FN2/c1-10-3-2-4-14-16(10)21(15(8-17)20-14)9-11-5-6-13(19)12(18)7-11/h2-7H,8-9H2,1H3. The lowest BCUT2D eigenvalue weighted by molar-refractivity contribution is 0.626. The minimum Gasteiger partial charge on any atom is -0.322 e. The van der Waals surface area contributed by atoms with E-state index in [1.807, 2.05) is 25.1 Å². The van der Waals surface area contributed by atoms with Crippen molar-refractivity contribution in [3.8, 4) is 0 Å². The highest BCUT2D eigenvalue weighted by Gasteiger charge is 2.12. The van der Waals surface area contributed by atoms with E-state index in [9.17, 15) is 4.39 Å². The molecule has 0 saturated heterocycles. The Balaban J connectivity index is 2.12. The average Bonchev–Trinajstić information content (AvgIpc) is 2.82. The molecule has 0 aliphatic rings. The van der Waals surface area contributed by atoms with Gasteiger partial charge in [-0.25, -0.2) is 9.37 Å². The number of hydrogen-bond donors (Lipinski definition) is 0. The fraction of sp³-hybridized carbons (Fsp3) is 0.188. The van der Waals surface area contributed by atoms with E-state index in [0.717, 1.165) is 28.0 Å². The van der Waals surface area contributed by atoms with Crippen molar-refractivity contribution in [2.24, 2.45) is 0 Å².